The van der Waals surface area contributed by atoms with Crippen molar-refractivity contribution >= 4 is 34.2 Å². The molecule has 208 valence electrons. The number of benzene rings is 3. The summed E-state index contributed by atoms with van der Waals surface area (Å²) in [6.07, 6.45) is 1.10. The highest BCUT2D eigenvalue weighted by molar-refractivity contribution is 6.31. The van der Waals surface area contributed by atoms with E-state index in [1.165, 1.54) is 17.7 Å². The zero-order valence-electron chi connectivity index (χ0n) is 22.4. The molecule has 40 heavy (non-hydrogen) atoms. The van der Waals surface area contributed by atoms with Crippen molar-refractivity contribution in [1.82, 2.24) is 20.2 Å². The average Bonchev–Trinajstić information content (AvgIpc) is 2.98. The van der Waals surface area contributed by atoms with Crippen LogP contribution in [0.3, 0.4) is 0 Å². The van der Waals surface area contributed by atoms with Crippen molar-refractivity contribution in [3.05, 3.63) is 89.2 Å². The van der Waals surface area contributed by atoms with Crippen LogP contribution in [0.5, 0.6) is 0 Å². The van der Waals surface area contributed by atoms with Gasteiger partial charge in [0.15, 0.2) is 5.82 Å². The van der Waals surface area contributed by atoms with Crippen LogP contribution in [0.2, 0.25) is 5.02 Å². The van der Waals surface area contributed by atoms with Gasteiger partial charge in [-0.25, -0.2) is 14.4 Å². The SMILES string of the molecule is O=C(CCN(CCc1ccccc1)c1nc(-c2ccc(F)cc2)nc2cc(Cl)ccc12)NCCN1CCOCC1. The predicted molar refractivity (Wildman–Crippen MR) is 157 cm³/mol. The molecule has 0 atom stereocenters. The lowest BCUT2D eigenvalue weighted by atomic mass is 10.1. The van der Waals surface area contributed by atoms with Crippen LogP contribution in [-0.4, -0.2) is 73.3 Å². The predicted octanol–water partition coefficient (Wildman–Crippen LogP) is 4.98. The Balaban J connectivity index is 1.38. The van der Waals surface area contributed by atoms with Gasteiger partial charge in [0.1, 0.15) is 11.6 Å². The molecule has 1 saturated heterocycles. The fourth-order valence-corrected chi connectivity index (χ4v) is 4.96. The monoisotopic (exact) mass is 561 g/mol. The maximum Gasteiger partial charge on any atom is 0.221 e. The van der Waals surface area contributed by atoms with Gasteiger partial charge in [0.25, 0.3) is 0 Å². The summed E-state index contributed by atoms with van der Waals surface area (Å²) in [7, 11) is 0. The van der Waals surface area contributed by atoms with Crippen LogP contribution in [0.25, 0.3) is 22.3 Å². The molecule has 5 rings (SSSR count). The average molecular weight is 562 g/mol. The van der Waals surface area contributed by atoms with E-state index in [0.717, 1.165) is 50.5 Å². The maximum atomic E-state index is 13.6. The molecule has 2 heterocycles. The fourth-order valence-electron chi connectivity index (χ4n) is 4.79. The number of ether oxygens (including phenoxy) is 1. The maximum absolute atomic E-state index is 13.6. The number of fused-ring (bicyclic) bond motifs is 1. The van der Waals surface area contributed by atoms with Crippen molar-refractivity contribution in [2.24, 2.45) is 0 Å². The molecular formula is C31H33ClFN5O2. The first-order valence-electron chi connectivity index (χ1n) is 13.6. The molecule has 0 bridgehead atoms. The number of rotatable bonds is 11. The van der Waals surface area contributed by atoms with Crippen LogP contribution in [-0.2, 0) is 16.0 Å². The Bertz CT molecular complexity index is 1410. The van der Waals surface area contributed by atoms with Crippen molar-refractivity contribution in [3.8, 4) is 11.4 Å². The number of nitrogens with one attached hydrogen (secondary N) is 1. The number of nitrogens with zero attached hydrogens (tertiary/aromatic N) is 4. The molecule has 1 amide bonds. The number of carbonyl (C=O) groups is 1. The summed E-state index contributed by atoms with van der Waals surface area (Å²) in [6, 6.07) is 21.9. The Morgan fingerprint density at radius 2 is 1.77 bits per heavy atom. The molecule has 0 radical (unpaired) electrons. The minimum absolute atomic E-state index is 0.00173. The Labute approximate surface area is 238 Å². The second-order valence-electron chi connectivity index (χ2n) is 9.82. The Morgan fingerprint density at radius 3 is 2.55 bits per heavy atom. The van der Waals surface area contributed by atoms with Gasteiger partial charge in [-0.15, -0.1) is 0 Å². The van der Waals surface area contributed by atoms with E-state index < -0.39 is 0 Å². The van der Waals surface area contributed by atoms with Gasteiger partial charge in [-0.05, 0) is 54.4 Å². The third kappa shape index (κ3) is 7.53. The minimum atomic E-state index is -0.322. The summed E-state index contributed by atoms with van der Waals surface area (Å²) in [5.41, 5.74) is 2.59. The lowest BCUT2D eigenvalue weighted by Gasteiger charge is -2.27. The largest absolute Gasteiger partial charge is 0.379 e. The van der Waals surface area contributed by atoms with E-state index in [-0.39, 0.29) is 11.7 Å². The fraction of sp³-hybridized carbons (Fsp3) is 0.323. The van der Waals surface area contributed by atoms with Crippen LogP contribution in [0.1, 0.15) is 12.0 Å². The van der Waals surface area contributed by atoms with Gasteiger partial charge in [-0.3, -0.25) is 9.69 Å². The summed E-state index contributed by atoms with van der Waals surface area (Å²) in [4.78, 5) is 27.0. The van der Waals surface area contributed by atoms with Gasteiger partial charge >= 0.3 is 0 Å². The highest BCUT2D eigenvalue weighted by Gasteiger charge is 2.18. The Kier molecular flexibility index (Phi) is 9.54. The van der Waals surface area contributed by atoms with E-state index >= 15 is 0 Å². The van der Waals surface area contributed by atoms with Crippen LogP contribution < -0.4 is 10.2 Å². The lowest BCUT2D eigenvalue weighted by Crippen LogP contribution is -2.41. The zero-order valence-corrected chi connectivity index (χ0v) is 23.1. The Hall–Kier alpha value is -3.59. The number of aromatic nitrogens is 2. The molecule has 7 nitrogen and oxygen atoms in total. The number of anilines is 1. The number of carbonyl (C=O) groups excluding carboxylic acids is 1. The molecule has 1 N–H and O–H groups in total. The summed E-state index contributed by atoms with van der Waals surface area (Å²) < 4.78 is 19.0. The summed E-state index contributed by atoms with van der Waals surface area (Å²) >= 11 is 6.33. The van der Waals surface area contributed by atoms with Gasteiger partial charge in [0.05, 0.1) is 18.7 Å². The molecular weight excluding hydrogens is 529 g/mol. The number of halogens is 2. The van der Waals surface area contributed by atoms with Crippen molar-refractivity contribution in [1.29, 1.82) is 0 Å². The zero-order chi connectivity index (χ0) is 27.7. The standard InChI is InChI=1S/C31H33ClFN5O2/c32-25-8-11-27-28(22-25)35-30(24-6-9-26(33)10-7-24)36-31(27)38(15-12-23-4-2-1-3-5-23)16-13-29(39)34-14-17-37-18-20-40-21-19-37/h1-11,22H,12-21H2,(H,34,39). The molecule has 1 fully saturated rings. The summed E-state index contributed by atoms with van der Waals surface area (Å²) in [6.45, 7) is 5.81. The molecule has 1 aromatic heterocycles. The Morgan fingerprint density at radius 1 is 1.00 bits per heavy atom. The van der Waals surface area contributed by atoms with Gasteiger partial charge in [0, 0.05) is 61.7 Å². The highest BCUT2D eigenvalue weighted by atomic mass is 35.5. The highest BCUT2D eigenvalue weighted by Crippen LogP contribution is 2.30. The second-order valence-corrected chi connectivity index (χ2v) is 10.3. The van der Waals surface area contributed by atoms with E-state index in [1.807, 2.05) is 36.4 Å². The number of hydrogen-bond acceptors (Lipinski definition) is 6. The molecule has 0 spiro atoms. The molecule has 3 aromatic carbocycles. The smallest absolute Gasteiger partial charge is 0.221 e. The van der Waals surface area contributed by atoms with Crippen molar-refractivity contribution in [2.45, 2.75) is 12.8 Å². The van der Waals surface area contributed by atoms with Crippen LogP contribution in [0.4, 0.5) is 10.2 Å². The third-order valence-electron chi connectivity index (χ3n) is 7.02. The van der Waals surface area contributed by atoms with Gasteiger partial charge in [0.2, 0.25) is 5.91 Å². The van der Waals surface area contributed by atoms with Gasteiger partial charge in [-0.2, -0.15) is 0 Å². The molecule has 9 heteroatoms. The van der Waals surface area contributed by atoms with E-state index in [4.69, 9.17) is 26.3 Å². The number of hydrogen-bond donors (Lipinski definition) is 1. The molecule has 4 aromatic rings. The minimum Gasteiger partial charge on any atom is -0.379 e. The quantitative estimate of drug-likeness (QED) is 0.279. The van der Waals surface area contributed by atoms with E-state index in [9.17, 15) is 9.18 Å². The topological polar surface area (TPSA) is 70.6 Å². The molecule has 1 aliphatic heterocycles. The lowest BCUT2D eigenvalue weighted by molar-refractivity contribution is -0.121. The van der Waals surface area contributed by atoms with Crippen LogP contribution in [0.15, 0.2) is 72.8 Å². The normalized spacial score (nSPS) is 13.8. The second kappa shape index (κ2) is 13.7. The van der Waals surface area contributed by atoms with Gasteiger partial charge < -0.3 is 15.0 Å². The number of amides is 1. The van der Waals surface area contributed by atoms with Crippen molar-refractivity contribution < 1.29 is 13.9 Å². The van der Waals surface area contributed by atoms with E-state index in [2.05, 4.69) is 27.2 Å². The van der Waals surface area contributed by atoms with E-state index in [0.29, 0.717) is 48.0 Å². The summed E-state index contributed by atoms with van der Waals surface area (Å²) in [5.74, 6) is 0.873. The molecule has 0 saturated carbocycles. The van der Waals surface area contributed by atoms with Crippen LogP contribution >= 0.6 is 11.6 Å². The molecule has 0 aliphatic carbocycles. The van der Waals surface area contributed by atoms with Gasteiger partial charge in [-0.1, -0.05) is 41.9 Å². The third-order valence-corrected chi connectivity index (χ3v) is 7.25. The first-order valence-corrected chi connectivity index (χ1v) is 14.0. The first kappa shape index (κ1) is 28.0. The number of morpholine rings is 1. The first-order chi connectivity index (χ1) is 19.5. The van der Waals surface area contributed by atoms with E-state index in [1.54, 1.807) is 12.1 Å². The van der Waals surface area contributed by atoms with Crippen LogP contribution in [0, 0.1) is 5.82 Å². The summed E-state index contributed by atoms with van der Waals surface area (Å²) in [5, 5.41) is 4.47. The molecule has 1 aliphatic rings. The molecule has 0 unspecified atom stereocenters. The van der Waals surface area contributed by atoms with Crippen molar-refractivity contribution in [2.75, 3.05) is 57.4 Å². The van der Waals surface area contributed by atoms with Crippen molar-refractivity contribution in [3.63, 3.8) is 0 Å².